The molecule has 0 aliphatic carbocycles. The maximum atomic E-state index is 9.28. The summed E-state index contributed by atoms with van der Waals surface area (Å²) in [6.45, 7) is 0.961. The predicted octanol–water partition coefficient (Wildman–Crippen LogP) is 2.00. The lowest BCUT2D eigenvalue weighted by atomic mass is 9.80. The number of hydrogen-bond donors (Lipinski definition) is 2. The minimum atomic E-state index is -1.45. The SMILES string of the molecule is OB(O)c1ccc2nc(N3CCCc4ccccc43)ccc2c1. The largest absolute Gasteiger partial charge is 0.488 e. The molecule has 1 aliphatic rings. The van der Waals surface area contributed by atoms with E-state index in [0.29, 0.717) is 5.46 Å². The summed E-state index contributed by atoms with van der Waals surface area (Å²) in [5.74, 6) is 0.932. The van der Waals surface area contributed by atoms with Gasteiger partial charge in [-0.2, -0.15) is 0 Å². The van der Waals surface area contributed by atoms with E-state index in [4.69, 9.17) is 4.98 Å². The quantitative estimate of drug-likeness (QED) is 0.711. The van der Waals surface area contributed by atoms with Crippen molar-refractivity contribution in [3.63, 3.8) is 0 Å². The Hall–Kier alpha value is -2.37. The molecule has 0 atom stereocenters. The first-order valence-corrected chi connectivity index (χ1v) is 7.85. The Labute approximate surface area is 135 Å². The first-order chi connectivity index (χ1) is 11.2. The molecule has 5 heteroatoms. The van der Waals surface area contributed by atoms with E-state index in [1.165, 1.54) is 11.3 Å². The third kappa shape index (κ3) is 2.58. The fourth-order valence-electron chi connectivity index (χ4n) is 3.22. The van der Waals surface area contributed by atoms with Crippen LogP contribution in [0.1, 0.15) is 12.0 Å². The molecule has 2 aromatic carbocycles. The van der Waals surface area contributed by atoms with E-state index in [9.17, 15) is 10.0 Å². The lowest BCUT2D eigenvalue weighted by Gasteiger charge is -2.30. The molecule has 4 nitrogen and oxygen atoms in total. The van der Waals surface area contributed by atoms with Crippen LogP contribution in [-0.2, 0) is 6.42 Å². The summed E-state index contributed by atoms with van der Waals surface area (Å²) in [5, 5.41) is 19.5. The zero-order valence-electron chi connectivity index (χ0n) is 12.7. The van der Waals surface area contributed by atoms with Crippen molar-refractivity contribution in [1.29, 1.82) is 0 Å². The minimum Gasteiger partial charge on any atom is -0.423 e. The fourth-order valence-corrected chi connectivity index (χ4v) is 3.22. The van der Waals surface area contributed by atoms with Gasteiger partial charge < -0.3 is 14.9 Å². The molecule has 0 saturated carbocycles. The molecule has 23 heavy (non-hydrogen) atoms. The van der Waals surface area contributed by atoms with E-state index >= 15 is 0 Å². The van der Waals surface area contributed by atoms with Gasteiger partial charge in [-0.15, -0.1) is 0 Å². The maximum Gasteiger partial charge on any atom is 0.488 e. The van der Waals surface area contributed by atoms with Crippen LogP contribution in [0.15, 0.2) is 54.6 Å². The van der Waals surface area contributed by atoms with Crippen LogP contribution in [0.4, 0.5) is 11.5 Å². The number of benzene rings is 2. The summed E-state index contributed by atoms with van der Waals surface area (Å²) in [6.07, 6.45) is 2.23. The number of fused-ring (bicyclic) bond motifs is 2. The average Bonchev–Trinajstić information content (AvgIpc) is 2.60. The van der Waals surface area contributed by atoms with Gasteiger partial charge in [0.25, 0.3) is 0 Å². The van der Waals surface area contributed by atoms with Crippen molar-refractivity contribution < 1.29 is 10.0 Å². The van der Waals surface area contributed by atoms with Gasteiger partial charge in [-0.1, -0.05) is 30.3 Å². The zero-order valence-corrected chi connectivity index (χ0v) is 12.7. The Kier molecular flexibility index (Phi) is 3.52. The number of para-hydroxylation sites is 1. The van der Waals surface area contributed by atoms with Crippen LogP contribution < -0.4 is 10.4 Å². The first kappa shape index (κ1) is 14.2. The lowest BCUT2D eigenvalue weighted by Crippen LogP contribution is -2.29. The van der Waals surface area contributed by atoms with E-state index in [1.54, 1.807) is 12.1 Å². The Morgan fingerprint density at radius 3 is 2.74 bits per heavy atom. The van der Waals surface area contributed by atoms with Gasteiger partial charge >= 0.3 is 7.12 Å². The number of nitrogens with zero attached hydrogens (tertiary/aromatic N) is 2. The number of pyridine rings is 1. The molecule has 0 fully saturated rings. The Morgan fingerprint density at radius 1 is 1.00 bits per heavy atom. The molecule has 114 valence electrons. The van der Waals surface area contributed by atoms with Crippen LogP contribution in [0.5, 0.6) is 0 Å². The second-order valence-electron chi connectivity index (χ2n) is 5.88. The van der Waals surface area contributed by atoms with Crippen molar-refractivity contribution in [3.05, 3.63) is 60.2 Å². The van der Waals surface area contributed by atoms with E-state index in [0.717, 1.165) is 36.1 Å². The third-order valence-corrected chi connectivity index (χ3v) is 4.38. The minimum absolute atomic E-state index is 0.482. The summed E-state index contributed by atoms with van der Waals surface area (Å²) in [5.41, 5.74) is 3.93. The lowest BCUT2D eigenvalue weighted by molar-refractivity contribution is 0.426. The highest BCUT2D eigenvalue weighted by Crippen LogP contribution is 2.32. The highest BCUT2D eigenvalue weighted by Gasteiger charge is 2.19. The monoisotopic (exact) mass is 304 g/mol. The highest BCUT2D eigenvalue weighted by atomic mass is 16.4. The van der Waals surface area contributed by atoms with Crippen LogP contribution in [0.3, 0.4) is 0 Å². The Morgan fingerprint density at radius 2 is 1.87 bits per heavy atom. The van der Waals surface area contributed by atoms with Crippen molar-refractivity contribution in [2.45, 2.75) is 12.8 Å². The number of anilines is 2. The van der Waals surface area contributed by atoms with Gasteiger partial charge in [0.1, 0.15) is 5.82 Å². The van der Waals surface area contributed by atoms with Gasteiger partial charge in [0.05, 0.1) is 5.52 Å². The summed E-state index contributed by atoms with van der Waals surface area (Å²) in [6, 6.07) is 17.8. The van der Waals surface area contributed by atoms with Crippen molar-refractivity contribution in [2.75, 3.05) is 11.4 Å². The Bertz CT molecular complexity index is 867. The first-order valence-electron chi connectivity index (χ1n) is 7.85. The summed E-state index contributed by atoms with van der Waals surface area (Å²) >= 11 is 0. The van der Waals surface area contributed by atoms with Crippen molar-refractivity contribution in [3.8, 4) is 0 Å². The van der Waals surface area contributed by atoms with Gasteiger partial charge in [0.2, 0.25) is 0 Å². The number of rotatable bonds is 2. The van der Waals surface area contributed by atoms with E-state index in [-0.39, 0.29) is 0 Å². The molecule has 4 rings (SSSR count). The molecule has 0 amide bonds. The molecule has 1 aliphatic heterocycles. The van der Waals surface area contributed by atoms with Crippen molar-refractivity contribution in [1.82, 2.24) is 4.98 Å². The molecule has 1 aromatic heterocycles. The van der Waals surface area contributed by atoms with Gasteiger partial charge in [-0.3, -0.25) is 0 Å². The normalized spacial score (nSPS) is 13.9. The van der Waals surface area contributed by atoms with E-state index < -0.39 is 7.12 Å². The molecule has 2 N–H and O–H groups in total. The molecule has 0 radical (unpaired) electrons. The molecule has 0 spiro atoms. The third-order valence-electron chi connectivity index (χ3n) is 4.38. The number of aryl methyl sites for hydroxylation is 1. The molecule has 0 saturated heterocycles. The number of aromatic nitrogens is 1. The van der Waals surface area contributed by atoms with E-state index in [2.05, 4.69) is 29.2 Å². The van der Waals surface area contributed by atoms with Gasteiger partial charge in [-0.05, 0) is 53.5 Å². The fraction of sp³-hybridized carbons (Fsp3) is 0.167. The van der Waals surface area contributed by atoms with Gasteiger partial charge in [0.15, 0.2) is 0 Å². The highest BCUT2D eigenvalue weighted by molar-refractivity contribution is 6.58. The maximum absolute atomic E-state index is 9.28. The Balaban J connectivity index is 1.77. The topological polar surface area (TPSA) is 56.6 Å². The second kappa shape index (κ2) is 5.68. The molecule has 0 bridgehead atoms. The average molecular weight is 304 g/mol. The molecular weight excluding hydrogens is 287 g/mol. The molecular formula is C18H17BN2O2. The predicted molar refractivity (Wildman–Crippen MR) is 93.3 cm³/mol. The second-order valence-corrected chi connectivity index (χ2v) is 5.88. The van der Waals surface area contributed by atoms with Crippen molar-refractivity contribution >= 4 is 35.0 Å². The van der Waals surface area contributed by atoms with Crippen molar-refractivity contribution in [2.24, 2.45) is 0 Å². The molecule has 2 heterocycles. The van der Waals surface area contributed by atoms with Crippen LogP contribution in [0.25, 0.3) is 10.9 Å². The smallest absolute Gasteiger partial charge is 0.423 e. The van der Waals surface area contributed by atoms with Crippen LogP contribution >= 0.6 is 0 Å². The summed E-state index contributed by atoms with van der Waals surface area (Å²) in [4.78, 5) is 7.02. The van der Waals surface area contributed by atoms with E-state index in [1.807, 2.05) is 18.2 Å². The standard InChI is InChI=1S/C18H17BN2O2/c22-19(23)15-8-9-16-14(12-15)7-10-18(20-16)21-11-3-5-13-4-1-2-6-17(13)21/h1-2,4,6-10,12,22-23H,3,5,11H2. The molecule has 0 unspecified atom stereocenters. The van der Waals surface area contributed by atoms with Crippen LogP contribution in [0, 0.1) is 0 Å². The summed E-state index contributed by atoms with van der Waals surface area (Å²) < 4.78 is 0. The zero-order chi connectivity index (χ0) is 15.8. The summed E-state index contributed by atoms with van der Waals surface area (Å²) in [7, 11) is -1.45. The number of hydrogen-bond acceptors (Lipinski definition) is 4. The van der Waals surface area contributed by atoms with Gasteiger partial charge in [0, 0.05) is 12.2 Å². The van der Waals surface area contributed by atoms with Crippen LogP contribution in [-0.4, -0.2) is 28.7 Å². The molecule has 3 aromatic rings. The van der Waals surface area contributed by atoms with Crippen LogP contribution in [0.2, 0.25) is 0 Å². The van der Waals surface area contributed by atoms with Gasteiger partial charge in [-0.25, -0.2) is 4.98 Å².